The number of nitrogens with zero attached hydrogens (tertiary/aromatic N) is 1. The summed E-state index contributed by atoms with van der Waals surface area (Å²) in [7, 11) is 0. The summed E-state index contributed by atoms with van der Waals surface area (Å²) < 4.78 is 5.27. The third kappa shape index (κ3) is 1.24. The SMILES string of the molecule is ClC1CNc2ncccc2O1. The van der Waals surface area contributed by atoms with Crippen LogP contribution in [0.1, 0.15) is 0 Å². The number of pyridine rings is 1. The van der Waals surface area contributed by atoms with Gasteiger partial charge in [0, 0.05) is 6.20 Å². The molecule has 3 nitrogen and oxygen atoms in total. The van der Waals surface area contributed by atoms with E-state index in [0.29, 0.717) is 6.54 Å². The first-order valence-electron chi connectivity index (χ1n) is 3.36. The van der Waals surface area contributed by atoms with E-state index in [1.54, 1.807) is 6.20 Å². The van der Waals surface area contributed by atoms with Crippen LogP contribution in [0.25, 0.3) is 0 Å². The van der Waals surface area contributed by atoms with E-state index in [9.17, 15) is 0 Å². The summed E-state index contributed by atoms with van der Waals surface area (Å²) in [6.45, 7) is 0.603. The summed E-state index contributed by atoms with van der Waals surface area (Å²) >= 11 is 5.73. The molecule has 1 aromatic heterocycles. The number of ether oxygens (including phenoxy) is 1. The molecule has 0 saturated heterocycles. The molecule has 4 heteroatoms. The zero-order valence-corrected chi connectivity index (χ0v) is 6.51. The number of aromatic nitrogens is 1. The Kier molecular flexibility index (Phi) is 1.58. The third-order valence-electron chi connectivity index (χ3n) is 1.46. The van der Waals surface area contributed by atoms with Crippen molar-refractivity contribution in [2.75, 3.05) is 11.9 Å². The predicted octanol–water partition coefficient (Wildman–Crippen LogP) is 1.45. The lowest BCUT2D eigenvalue weighted by Gasteiger charge is -2.21. The van der Waals surface area contributed by atoms with Gasteiger partial charge in [0.05, 0.1) is 6.54 Å². The molecule has 0 saturated carbocycles. The predicted molar refractivity (Wildman–Crippen MR) is 43.0 cm³/mol. The number of hydrogen-bond donors (Lipinski definition) is 1. The van der Waals surface area contributed by atoms with E-state index >= 15 is 0 Å². The fourth-order valence-electron chi connectivity index (χ4n) is 0.975. The van der Waals surface area contributed by atoms with E-state index in [2.05, 4.69) is 10.3 Å². The van der Waals surface area contributed by atoms with E-state index in [0.717, 1.165) is 11.6 Å². The lowest BCUT2D eigenvalue weighted by molar-refractivity contribution is 0.282. The Bertz CT molecular complexity index is 266. The summed E-state index contributed by atoms with van der Waals surface area (Å²) in [6.07, 6.45) is 1.71. The number of fused-ring (bicyclic) bond motifs is 1. The molecule has 2 heterocycles. The van der Waals surface area contributed by atoms with Crippen molar-refractivity contribution in [3.8, 4) is 5.75 Å². The fourth-order valence-corrected chi connectivity index (χ4v) is 1.15. The summed E-state index contributed by atoms with van der Waals surface area (Å²) in [4.78, 5) is 4.06. The summed E-state index contributed by atoms with van der Waals surface area (Å²) in [6, 6.07) is 3.65. The highest BCUT2D eigenvalue weighted by molar-refractivity contribution is 6.20. The molecule has 1 atom stereocenters. The molecule has 1 aliphatic rings. The molecule has 0 radical (unpaired) electrons. The number of anilines is 1. The number of rotatable bonds is 0. The Labute approximate surface area is 69.3 Å². The molecule has 0 spiro atoms. The van der Waals surface area contributed by atoms with Crippen molar-refractivity contribution < 1.29 is 4.74 Å². The molecule has 1 aromatic rings. The fraction of sp³-hybridized carbons (Fsp3) is 0.286. The number of alkyl halides is 1. The van der Waals surface area contributed by atoms with E-state index < -0.39 is 0 Å². The molecule has 2 rings (SSSR count). The first kappa shape index (κ1) is 6.73. The molecule has 11 heavy (non-hydrogen) atoms. The van der Waals surface area contributed by atoms with Crippen LogP contribution in [-0.4, -0.2) is 17.1 Å². The number of halogens is 1. The van der Waals surface area contributed by atoms with Gasteiger partial charge in [-0.2, -0.15) is 0 Å². The lowest BCUT2D eigenvalue weighted by Crippen LogP contribution is -2.26. The monoisotopic (exact) mass is 170 g/mol. The van der Waals surface area contributed by atoms with Gasteiger partial charge in [0.15, 0.2) is 17.1 Å². The third-order valence-corrected chi connectivity index (χ3v) is 1.70. The topological polar surface area (TPSA) is 34.2 Å². The first-order chi connectivity index (χ1) is 5.36. The summed E-state index contributed by atoms with van der Waals surface area (Å²) in [5.74, 6) is 1.49. The molecule has 0 fully saturated rings. The molecule has 0 bridgehead atoms. The molecule has 58 valence electrons. The Morgan fingerprint density at radius 3 is 3.55 bits per heavy atom. The van der Waals surface area contributed by atoms with Crippen LogP contribution in [0.15, 0.2) is 18.3 Å². The van der Waals surface area contributed by atoms with E-state index in [1.165, 1.54) is 0 Å². The standard InChI is InChI=1S/C7H7ClN2O/c8-6-4-10-7-5(11-6)2-1-3-9-7/h1-3,6H,4H2,(H,9,10). The van der Waals surface area contributed by atoms with Crippen molar-refractivity contribution >= 4 is 17.4 Å². The van der Waals surface area contributed by atoms with Crippen LogP contribution in [0.5, 0.6) is 5.75 Å². The highest BCUT2D eigenvalue weighted by atomic mass is 35.5. The zero-order chi connectivity index (χ0) is 7.68. The second-order valence-electron chi connectivity index (χ2n) is 2.26. The number of nitrogens with one attached hydrogen (secondary N) is 1. The maximum absolute atomic E-state index is 5.73. The van der Waals surface area contributed by atoms with Crippen LogP contribution in [0.3, 0.4) is 0 Å². The van der Waals surface area contributed by atoms with Gasteiger partial charge in [0.1, 0.15) is 0 Å². The van der Waals surface area contributed by atoms with Crippen molar-refractivity contribution in [2.24, 2.45) is 0 Å². The highest BCUT2D eigenvalue weighted by Gasteiger charge is 2.16. The zero-order valence-electron chi connectivity index (χ0n) is 5.75. The molecule has 0 amide bonds. The van der Waals surface area contributed by atoms with Crippen LogP contribution in [0.2, 0.25) is 0 Å². The smallest absolute Gasteiger partial charge is 0.189 e. The van der Waals surface area contributed by atoms with Crippen LogP contribution >= 0.6 is 11.6 Å². The maximum atomic E-state index is 5.73. The van der Waals surface area contributed by atoms with Gasteiger partial charge < -0.3 is 10.1 Å². The molecule has 1 aliphatic heterocycles. The van der Waals surface area contributed by atoms with E-state index in [-0.39, 0.29) is 5.56 Å². The Balaban J connectivity index is 2.34. The quantitative estimate of drug-likeness (QED) is 0.599. The molecular formula is C7H7ClN2O. The second-order valence-corrected chi connectivity index (χ2v) is 2.75. The lowest BCUT2D eigenvalue weighted by atomic mass is 10.4. The van der Waals surface area contributed by atoms with Gasteiger partial charge >= 0.3 is 0 Å². The van der Waals surface area contributed by atoms with Crippen LogP contribution in [0.4, 0.5) is 5.82 Å². The van der Waals surface area contributed by atoms with Gasteiger partial charge in [0.25, 0.3) is 0 Å². The highest BCUT2D eigenvalue weighted by Crippen LogP contribution is 2.26. The van der Waals surface area contributed by atoms with Gasteiger partial charge in [-0.05, 0) is 12.1 Å². The van der Waals surface area contributed by atoms with Crippen molar-refractivity contribution in [2.45, 2.75) is 5.56 Å². The second kappa shape index (κ2) is 2.58. The summed E-state index contributed by atoms with van der Waals surface area (Å²) in [5.41, 5.74) is -0.285. The molecular weight excluding hydrogens is 164 g/mol. The average Bonchev–Trinajstić information content (AvgIpc) is 2.04. The maximum Gasteiger partial charge on any atom is 0.189 e. The van der Waals surface area contributed by atoms with Crippen LogP contribution < -0.4 is 10.1 Å². The van der Waals surface area contributed by atoms with E-state index in [4.69, 9.17) is 16.3 Å². The number of hydrogen-bond acceptors (Lipinski definition) is 3. The first-order valence-corrected chi connectivity index (χ1v) is 3.79. The van der Waals surface area contributed by atoms with Crippen molar-refractivity contribution in [1.82, 2.24) is 4.98 Å². The van der Waals surface area contributed by atoms with Crippen molar-refractivity contribution in [1.29, 1.82) is 0 Å². The van der Waals surface area contributed by atoms with Gasteiger partial charge in [-0.3, -0.25) is 0 Å². The van der Waals surface area contributed by atoms with Gasteiger partial charge in [-0.1, -0.05) is 11.6 Å². The van der Waals surface area contributed by atoms with E-state index in [1.807, 2.05) is 12.1 Å². The molecule has 1 N–H and O–H groups in total. The molecule has 1 unspecified atom stereocenters. The minimum absolute atomic E-state index is 0.285. The average molecular weight is 171 g/mol. The Morgan fingerprint density at radius 1 is 1.73 bits per heavy atom. The normalized spacial score (nSPS) is 21.4. The summed E-state index contributed by atoms with van der Waals surface area (Å²) in [5, 5.41) is 3.04. The minimum Gasteiger partial charge on any atom is -0.469 e. The molecule has 0 aromatic carbocycles. The van der Waals surface area contributed by atoms with Crippen molar-refractivity contribution in [3.63, 3.8) is 0 Å². The molecule has 0 aliphatic carbocycles. The van der Waals surface area contributed by atoms with Gasteiger partial charge in [-0.15, -0.1) is 0 Å². The Morgan fingerprint density at radius 2 is 2.64 bits per heavy atom. The van der Waals surface area contributed by atoms with Crippen molar-refractivity contribution in [3.05, 3.63) is 18.3 Å². The van der Waals surface area contributed by atoms with Gasteiger partial charge in [0.2, 0.25) is 0 Å². The van der Waals surface area contributed by atoms with Crippen LogP contribution in [-0.2, 0) is 0 Å². The van der Waals surface area contributed by atoms with Gasteiger partial charge in [-0.25, -0.2) is 4.98 Å². The largest absolute Gasteiger partial charge is 0.469 e. The van der Waals surface area contributed by atoms with Crippen LogP contribution in [0, 0.1) is 0 Å². The Hall–Kier alpha value is -0.960. The minimum atomic E-state index is -0.285.